The van der Waals surface area contributed by atoms with Gasteiger partial charge in [0.15, 0.2) is 0 Å². The van der Waals surface area contributed by atoms with Crippen molar-refractivity contribution in [2.45, 2.75) is 42.5 Å². The molecule has 1 saturated heterocycles. The van der Waals surface area contributed by atoms with Crippen LogP contribution in [0.25, 0.3) is 0 Å². The van der Waals surface area contributed by atoms with Crippen molar-refractivity contribution < 1.29 is 23.1 Å². The average Bonchev–Trinajstić information content (AvgIpc) is 3.07. The highest BCUT2D eigenvalue weighted by Crippen LogP contribution is 2.22. The van der Waals surface area contributed by atoms with Crippen molar-refractivity contribution in [1.29, 1.82) is 0 Å². The lowest BCUT2D eigenvalue weighted by molar-refractivity contribution is -0.140. The number of nitrogens with one attached hydrogen (secondary N) is 1. The van der Waals surface area contributed by atoms with E-state index in [1.165, 1.54) is 17.9 Å². The highest BCUT2D eigenvalue weighted by atomic mass is 32.2. The van der Waals surface area contributed by atoms with Gasteiger partial charge in [-0.2, -0.15) is 4.72 Å². The number of nitrogens with zero attached hydrogens (tertiary/aromatic N) is 1. The summed E-state index contributed by atoms with van der Waals surface area (Å²) in [5.74, 6) is -1.35. The zero-order valence-corrected chi connectivity index (χ0v) is 13.7. The molecule has 0 bridgehead atoms. The molecule has 1 fully saturated rings. The number of likely N-dealkylation sites (tertiary alicyclic amines) is 1. The van der Waals surface area contributed by atoms with E-state index in [4.69, 9.17) is 5.11 Å². The molecule has 22 heavy (non-hydrogen) atoms. The topological polar surface area (TPSA) is 104 Å². The van der Waals surface area contributed by atoms with E-state index < -0.39 is 22.0 Å². The van der Waals surface area contributed by atoms with Gasteiger partial charge in [-0.15, -0.1) is 11.3 Å². The van der Waals surface area contributed by atoms with Crippen LogP contribution >= 0.6 is 11.3 Å². The molecule has 1 aliphatic rings. The first-order chi connectivity index (χ1) is 10.3. The van der Waals surface area contributed by atoms with E-state index in [0.717, 1.165) is 17.8 Å². The molecule has 0 radical (unpaired) electrons. The van der Waals surface area contributed by atoms with Crippen molar-refractivity contribution in [1.82, 2.24) is 9.62 Å². The molecule has 0 aliphatic carbocycles. The number of carbonyl (C=O) groups is 2. The minimum absolute atomic E-state index is 0.115. The number of rotatable bonds is 6. The summed E-state index contributed by atoms with van der Waals surface area (Å²) in [4.78, 5) is 24.7. The number of hydrogen-bond donors (Lipinski definition) is 2. The van der Waals surface area contributed by atoms with Crippen LogP contribution in [0.3, 0.4) is 0 Å². The van der Waals surface area contributed by atoms with Crippen molar-refractivity contribution >= 4 is 33.2 Å². The highest BCUT2D eigenvalue weighted by molar-refractivity contribution is 7.91. The van der Waals surface area contributed by atoms with Crippen LogP contribution < -0.4 is 4.72 Å². The van der Waals surface area contributed by atoms with Gasteiger partial charge in [0.05, 0.1) is 12.5 Å². The standard InChI is InChI=1S/C13H18N2O5S2/c1-9(14-22(19,20)12-5-3-7-21-12)13(18)15-6-2-4-10(15)8-11(16)17/h3,5,7,9-10,14H,2,4,6,8H2,1H3,(H,16,17). The molecule has 1 amide bonds. The van der Waals surface area contributed by atoms with Gasteiger partial charge in [0.2, 0.25) is 5.91 Å². The maximum Gasteiger partial charge on any atom is 0.305 e. The molecule has 0 saturated carbocycles. The van der Waals surface area contributed by atoms with Crippen LogP contribution in [0.4, 0.5) is 0 Å². The molecule has 2 atom stereocenters. The van der Waals surface area contributed by atoms with Crippen molar-refractivity contribution in [2.75, 3.05) is 6.54 Å². The van der Waals surface area contributed by atoms with E-state index in [-0.39, 0.29) is 22.6 Å². The van der Waals surface area contributed by atoms with E-state index in [1.54, 1.807) is 11.4 Å². The number of hydrogen-bond acceptors (Lipinski definition) is 5. The molecule has 2 rings (SSSR count). The molecule has 0 aromatic carbocycles. The van der Waals surface area contributed by atoms with Crippen LogP contribution in [-0.2, 0) is 19.6 Å². The molecular formula is C13H18N2O5S2. The quantitative estimate of drug-likeness (QED) is 0.796. The fourth-order valence-corrected chi connectivity index (χ4v) is 4.75. The maximum absolute atomic E-state index is 12.4. The fraction of sp³-hybridized carbons (Fsp3) is 0.538. The SMILES string of the molecule is CC(NS(=O)(=O)c1cccs1)C(=O)N1CCCC1CC(=O)O. The Kier molecular flexibility index (Phi) is 5.20. The largest absolute Gasteiger partial charge is 0.481 e. The lowest BCUT2D eigenvalue weighted by Gasteiger charge is -2.26. The summed E-state index contributed by atoms with van der Waals surface area (Å²) in [6.07, 6.45) is 1.24. The van der Waals surface area contributed by atoms with Gasteiger partial charge in [-0.25, -0.2) is 8.42 Å². The molecule has 1 aromatic rings. The van der Waals surface area contributed by atoms with Crippen LogP contribution in [0, 0.1) is 0 Å². The van der Waals surface area contributed by atoms with Crippen molar-refractivity contribution in [2.24, 2.45) is 0 Å². The number of thiophene rings is 1. The zero-order valence-electron chi connectivity index (χ0n) is 12.1. The van der Waals surface area contributed by atoms with Gasteiger partial charge in [0.25, 0.3) is 10.0 Å². The number of carbonyl (C=O) groups excluding carboxylic acids is 1. The zero-order chi connectivity index (χ0) is 16.3. The fourth-order valence-electron chi connectivity index (χ4n) is 2.55. The predicted octanol–water partition coefficient (Wildman–Crippen LogP) is 0.881. The van der Waals surface area contributed by atoms with Crippen LogP contribution in [0.15, 0.2) is 21.7 Å². The Morgan fingerprint density at radius 2 is 2.27 bits per heavy atom. The van der Waals surface area contributed by atoms with Crippen LogP contribution in [0.5, 0.6) is 0 Å². The van der Waals surface area contributed by atoms with E-state index >= 15 is 0 Å². The van der Waals surface area contributed by atoms with Gasteiger partial charge >= 0.3 is 5.97 Å². The number of amides is 1. The first-order valence-corrected chi connectivity index (χ1v) is 9.25. The Morgan fingerprint density at radius 1 is 1.55 bits per heavy atom. The van der Waals surface area contributed by atoms with Gasteiger partial charge in [-0.1, -0.05) is 6.07 Å². The second-order valence-electron chi connectivity index (χ2n) is 5.20. The van der Waals surface area contributed by atoms with Crippen LogP contribution in [-0.4, -0.2) is 48.9 Å². The number of carboxylic acid groups (broad SMARTS) is 1. The molecule has 0 spiro atoms. The number of carboxylic acids is 1. The molecule has 2 unspecified atom stereocenters. The third-order valence-electron chi connectivity index (χ3n) is 3.53. The molecule has 1 aromatic heterocycles. The van der Waals surface area contributed by atoms with Gasteiger partial charge in [-0.3, -0.25) is 9.59 Å². The van der Waals surface area contributed by atoms with Gasteiger partial charge in [-0.05, 0) is 31.2 Å². The Balaban J connectivity index is 2.04. The summed E-state index contributed by atoms with van der Waals surface area (Å²) < 4.78 is 26.7. The second kappa shape index (κ2) is 6.76. The molecule has 122 valence electrons. The van der Waals surface area contributed by atoms with Gasteiger partial charge in [0, 0.05) is 12.6 Å². The summed E-state index contributed by atoms with van der Waals surface area (Å²) in [6, 6.07) is 1.79. The Morgan fingerprint density at radius 3 is 2.86 bits per heavy atom. The molecular weight excluding hydrogens is 328 g/mol. The summed E-state index contributed by atoms with van der Waals surface area (Å²) in [5, 5.41) is 10.5. The molecule has 1 aliphatic heterocycles. The first kappa shape index (κ1) is 16.9. The normalized spacial score (nSPS) is 20.0. The monoisotopic (exact) mass is 346 g/mol. The molecule has 9 heteroatoms. The van der Waals surface area contributed by atoms with Crippen molar-refractivity contribution in [3.63, 3.8) is 0 Å². The third-order valence-corrected chi connectivity index (χ3v) is 6.47. The highest BCUT2D eigenvalue weighted by Gasteiger charge is 2.34. The van der Waals surface area contributed by atoms with Crippen LogP contribution in [0.1, 0.15) is 26.2 Å². The predicted molar refractivity (Wildman–Crippen MR) is 81.1 cm³/mol. The smallest absolute Gasteiger partial charge is 0.305 e. The Bertz CT molecular complexity index is 641. The van der Waals surface area contributed by atoms with Crippen molar-refractivity contribution in [3.8, 4) is 0 Å². The number of aliphatic carboxylic acids is 1. The van der Waals surface area contributed by atoms with Crippen LogP contribution in [0.2, 0.25) is 0 Å². The summed E-state index contributed by atoms with van der Waals surface area (Å²) >= 11 is 1.07. The molecule has 2 N–H and O–H groups in total. The van der Waals surface area contributed by atoms with Gasteiger partial charge < -0.3 is 10.0 Å². The minimum Gasteiger partial charge on any atom is -0.481 e. The minimum atomic E-state index is -3.73. The third kappa shape index (κ3) is 3.84. The van der Waals surface area contributed by atoms with E-state index in [1.807, 2.05) is 0 Å². The van der Waals surface area contributed by atoms with Crippen molar-refractivity contribution in [3.05, 3.63) is 17.5 Å². The molecule has 7 nitrogen and oxygen atoms in total. The van der Waals surface area contributed by atoms with E-state index in [2.05, 4.69) is 4.72 Å². The first-order valence-electron chi connectivity index (χ1n) is 6.89. The molecule has 2 heterocycles. The lowest BCUT2D eigenvalue weighted by atomic mass is 10.1. The van der Waals surface area contributed by atoms with Gasteiger partial charge in [0.1, 0.15) is 4.21 Å². The summed E-state index contributed by atoms with van der Waals surface area (Å²) in [7, 11) is -3.73. The summed E-state index contributed by atoms with van der Waals surface area (Å²) in [5.41, 5.74) is 0. The lowest BCUT2D eigenvalue weighted by Crippen LogP contribution is -2.48. The van der Waals surface area contributed by atoms with E-state index in [9.17, 15) is 18.0 Å². The Labute approximate surface area is 133 Å². The maximum atomic E-state index is 12.4. The Hall–Kier alpha value is -1.45. The average molecular weight is 346 g/mol. The second-order valence-corrected chi connectivity index (χ2v) is 8.09. The number of sulfonamides is 1. The van der Waals surface area contributed by atoms with E-state index in [0.29, 0.717) is 13.0 Å². The summed E-state index contributed by atoms with van der Waals surface area (Å²) in [6.45, 7) is 1.94.